The van der Waals surface area contributed by atoms with Crippen LogP contribution in [0.5, 0.6) is 0 Å². The molecular formula is C20H22ClN3O3. The van der Waals surface area contributed by atoms with Crippen LogP contribution in [0.25, 0.3) is 0 Å². The fourth-order valence-electron chi connectivity index (χ4n) is 3.31. The summed E-state index contributed by atoms with van der Waals surface area (Å²) < 4.78 is 0. The second kappa shape index (κ2) is 8.39. The van der Waals surface area contributed by atoms with Gasteiger partial charge in [0, 0.05) is 24.7 Å². The number of anilines is 2. The fraction of sp³-hybridized carbons (Fsp3) is 0.350. The van der Waals surface area contributed by atoms with Crippen LogP contribution in [0.15, 0.2) is 36.4 Å². The topological polar surface area (TPSA) is 75.5 Å². The van der Waals surface area contributed by atoms with Crippen molar-refractivity contribution >= 4 is 34.6 Å². The van der Waals surface area contributed by atoms with Gasteiger partial charge in [0.25, 0.3) is 11.6 Å². The molecule has 0 aliphatic carbocycles. The van der Waals surface area contributed by atoms with Crippen molar-refractivity contribution in [3.8, 4) is 0 Å². The molecule has 142 valence electrons. The number of rotatable bonds is 4. The summed E-state index contributed by atoms with van der Waals surface area (Å²) in [6, 6.07) is 9.96. The maximum Gasteiger partial charge on any atom is 0.293 e. The van der Waals surface area contributed by atoms with Crippen LogP contribution in [0, 0.1) is 17.0 Å². The zero-order valence-corrected chi connectivity index (χ0v) is 16.0. The molecule has 0 aromatic heterocycles. The number of nitro benzene ring substituents is 1. The Labute approximate surface area is 163 Å². The number of hydrogen-bond acceptors (Lipinski definition) is 4. The molecule has 0 saturated carbocycles. The average Bonchev–Trinajstić information content (AvgIpc) is 2.92. The Balaban J connectivity index is 1.86. The van der Waals surface area contributed by atoms with Gasteiger partial charge in [0.15, 0.2) is 0 Å². The zero-order valence-electron chi connectivity index (χ0n) is 15.2. The van der Waals surface area contributed by atoms with Crippen molar-refractivity contribution in [3.05, 3.63) is 62.7 Å². The predicted octanol–water partition coefficient (Wildman–Crippen LogP) is 5.19. The second-order valence-corrected chi connectivity index (χ2v) is 7.21. The van der Waals surface area contributed by atoms with E-state index in [-0.39, 0.29) is 11.3 Å². The van der Waals surface area contributed by atoms with Crippen molar-refractivity contribution < 1.29 is 9.72 Å². The maximum absolute atomic E-state index is 12.6. The molecule has 6 nitrogen and oxygen atoms in total. The Morgan fingerprint density at radius 2 is 1.81 bits per heavy atom. The van der Waals surface area contributed by atoms with Crippen molar-refractivity contribution in [2.45, 2.75) is 32.6 Å². The van der Waals surface area contributed by atoms with E-state index in [1.807, 2.05) is 17.9 Å². The fourth-order valence-corrected chi connectivity index (χ4v) is 3.59. The molecule has 1 N–H and O–H groups in total. The number of nitrogens with zero attached hydrogens (tertiary/aromatic N) is 2. The highest BCUT2D eigenvalue weighted by atomic mass is 35.5. The quantitative estimate of drug-likeness (QED) is 0.578. The molecule has 0 spiro atoms. The maximum atomic E-state index is 12.6. The van der Waals surface area contributed by atoms with E-state index in [0.717, 1.165) is 44.3 Å². The van der Waals surface area contributed by atoms with Crippen LogP contribution in [-0.2, 0) is 0 Å². The summed E-state index contributed by atoms with van der Waals surface area (Å²) in [5.41, 5.74) is 2.23. The highest BCUT2D eigenvalue weighted by molar-refractivity contribution is 6.34. The lowest BCUT2D eigenvalue weighted by atomic mass is 10.1. The highest BCUT2D eigenvalue weighted by Gasteiger charge is 2.23. The number of benzene rings is 2. The number of carbonyl (C=O) groups excluding carboxylic acids is 1. The van der Waals surface area contributed by atoms with Gasteiger partial charge in [-0.3, -0.25) is 14.9 Å². The molecule has 27 heavy (non-hydrogen) atoms. The van der Waals surface area contributed by atoms with E-state index < -0.39 is 10.8 Å². The van der Waals surface area contributed by atoms with E-state index in [9.17, 15) is 14.9 Å². The number of nitro groups is 1. The van der Waals surface area contributed by atoms with Gasteiger partial charge in [-0.2, -0.15) is 0 Å². The van der Waals surface area contributed by atoms with Crippen molar-refractivity contribution in [3.63, 3.8) is 0 Å². The monoisotopic (exact) mass is 387 g/mol. The average molecular weight is 388 g/mol. The lowest BCUT2D eigenvalue weighted by Gasteiger charge is -2.22. The van der Waals surface area contributed by atoms with Gasteiger partial charge < -0.3 is 10.2 Å². The molecule has 1 amide bonds. The number of carbonyl (C=O) groups is 1. The number of hydrogen-bond donors (Lipinski definition) is 1. The summed E-state index contributed by atoms with van der Waals surface area (Å²) in [6.45, 7) is 3.50. The first kappa shape index (κ1) is 19.2. The molecule has 3 rings (SSSR count). The minimum atomic E-state index is -0.425. The van der Waals surface area contributed by atoms with Crippen LogP contribution in [-0.4, -0.2) is 23.9 Å². The Bertz CT molecular complexity index is 862. The Morgan fingerprint density at radius 1 is 1.11 bits per heavy atom. The normalized spacial score (nSPS) is 14.5. The van der Waals surface area contributed by atoms with Crippen molar-refractivity contribution in [2.24, 2.45) is 0 Å². The standard InChI is InChI=1S/C20H22ClN3O3/c1-14-6-8-17(16(21)12-14)22-20(25)15-7-9-18(19(13-15)24(26)27)23-10-4-2-3-5-11-23/h6-9,12-13H,2-5,10-11H2,1H3,(H,22,25). The molecule has 0 unspecified atom stereocenters. The first-order chi connectivity index (χ1) is 13.0. The van der Waals surface area contributed by atoms with Gasteiger partial charge >= 0.3 is 0 Å². The lowest BCUT2D eigenvalue weighted by Crippen LogP contribution is -2.25. The van der Waals surface area contributed by atoms with Gasteiger partial charge in [-0.05, 0) is 49.6 Å². The van der Waals surface area contributed by atoms with Crippen LogP contribution >= 0.6 is 11.6 Å². The SMILES string of the molecule is Cc1ccc(NC(=O)c2ccc(N3CCCCCC3)c([N+](=O)[O-])c2)c(Cl)c1. The van der Waals surface area contributed by atoms with Crippen LogP contribution in [0.1, 0.15) is 41.6 Å². The molecule has 2 aromatic rings. The summed E-state index contributed by atoms with van der Waals surface area (Å²) in [5.74, 6) is -0.425. The first-order valence-corrected chi connectivity index (χ1v) is 9.44. The number of amides is 1. The third kappa shape index (κ3) is 4.57. The van der Waals surface area contributed by atoms with Crippen molar-refractivity contribution in [2.75, 3.05) is 23.3 Å². The van der Waals surface area contributed by atoms with E-state index in [0.29, 0.717) is 16.4 Å². The van der Waals surface area contributed by atoms with Gasteiger partial charge in [0.05, 0.1) is 15.6 Å². The van der Waals surface area contributed by atoms with Gasteiger partial charge in [-0.1, -0.05) is 30.5 Å². The lowest BCUT2D eigenvalue weighted by molar-refractivity contribution is -0.384. The van der Waals surface area contributed by atoms with Gasteiger partial charge in [-0.15, -0.1) is 0 Å². The number of aryl methyl sites for hydroxylation is 1. The van der Waals surface area contributed by atoms with E-state index in [2.05, 4.69) is 5.32 Å². The minimum absolute atomic E-state index is 0.0421. The van der Waals surface area contributed by atoms with Crippen molar-refractivity contribution in [1.82, 2.24) is 0 Å². The molecule has 1 aliphatic heterocycles. The first-order valence-electron chi connectivity index (χ1n) is 9.06. The minimum Gasteiger partial charge on any atom is -0.366 e. The Kier molecular flexibility index (Phi) is 5.96. The van der Waals surface area contributed by atoms with E-state index in [1.54, 1.807) is 24.3 Å². The van der Waals surface area contributed by atoms with Crippen LogP contribution in [0.3, 0.4) is 0 Å². The Hall–Kier alpha value is -2.60. The predicted molar refractivity (Wildman–Crippen MR) is 108 cm³/mol. The number of nitrogens with one attached hydrogen (secondary N) is 1. The van der Waals surface area contributed by atoms with Crippen molar-refractivity contribution in [1.29, 1.82) is 0 Å². The summed E-state index contributed by atoms with van der Waals surface area (Å²) in [4.78, 5) is 25.8. The summed E-state index contributed by atoms with van der Waals surface area (Å²) >= 11 is 6.16. The van der Waals surface area contributed by atoms with Gasteiger partial charge in [-0.25, -0.2) is 0 Å². The van der Waals surface area contributed by atoms with Crippen LogP contribution in [0.2, 0.25) is 5.02 Å². The van der Waals surface area contributed by atoms with E-state index in [4.69, 9.17) is 11.6 Å². The molecule has 0 radical (unpaired) electrons. The molecule has 0 bridgehead atoms. The molecular weight excluding hydrogens is 366 g/mol. The number of halogens is 1. The third-order valence-corrected chi connectivity index (χ3v) is 5.07. The molecule has 1 heterocycles. The van der Waals surface area contributed by atoms with E-state index >= 15 is 0 Å². The largest absolute Gasteiger partial charge is 0.366 e. The summed E-state index contributed by atoms with van der Waals surface area (Å²) in [6.07, 6.45) is 4.32. The summed E-state index contributed by atoms with van der Waals surface area (Å²) in [5, 5.41) is 14.8. The third-order valence-electron chi connectivity index (χ3n) is 4.75. The molecule has 2 aromatic carbocycles. The molecule has 1 fully saturated rings. The second-order valence-electron chi connectivity index (χ2n) is 6.80. The summed E-state index contributed by atoms with van der Waals surface area (Å²) in [7, 11) is 0. The van der Waals surface area contributed by atoms with Gasteiger partial charge in [0.2, 0.25) is 0 Å². The smallest absolute Gasteiger partial charge is 0.293 e. The highest BCUT2D eigenvalue weighted by Crippen LogP contribution is 2.31. The van der Waals surface area contributed by atoms with E-state index in [1.165, 1.54) is 6.07 Å². The molecule has 0 atom stereocenters. The molecule has 1 saturated heterocycles. The van der Waals surface area contributed by atoms with Crippen LogP contribution < -0.4 is 10.2 Å². The zero-order chi connectivity index (χ0) is 19.4. The molecule has 7 heteroatoms. The molecule has 1 aliphatic rings. The van der Waals surface area contributed by atoms with Gasteiger partial charge in [0.1, 0.15) is 5.69 Å². The van der Waals surface area contributed by atoms with Crippen LogP contribution in [0.4, 0.5) is 17.1 Å². The Morgan fingerprint density at radius 3 is 2.44 bits per heavy atom.